The van der Waals surface area contributed by atoms with E-state index in [0.29, 0.717) is 25.2 Å². The molecule has 3 heterocycles. The predicted octanol–water partition coefficient (Wildman–Crippen LogP) is 2.48. The molecule has 2 aliphatic rings. The van der Waals surface area contributed by atoms with Crippen molar-refractivity contribution >= 4 is 11.7 Å². The molecule has 4 rings (SSSR count). The molecule has 2 aliphatic heterocycles. The SMILES string of the molecule is Cc1nc([C@@H]2CCNC2)nc2c1CCC(=O)N2Cc1cccc(F)c1. The number of hydrogen-bond donors (Lipinski definition) is 1. The van der Waals surface area contributed by atoms with Crippen molar-refractivity contribution in [2.45, 2.75) is 38.6 Å². The maximum Gasteiger partial charge on any atom is 0.228 e. The minimum absolute atomic E-state index is 0.0327. The van der Waals surface area contributed by atoms with Crippen LogP contribution in [-0.2, 0) is 17.8 Å². The van der Waals surface area contributed by atoms with E-state index in [1.54, 1.807) is 11.0 Å². The summed E-state index contributed by atoms with van der Waals surface area (Å²) >= 11 is 0. The van der Waals surface area contributed by atoms with Gasteiger partial charge in [0.15, 0.2) is 0 Å². The zero-order chi connectivity index (χ0) is 17.4. The van der Waals surface area contributed by atoms with E-state index in [2.05, 4.69) is 5.32 Å². The van der Waals surface area contributed by atoms with E-state index in [9.17, 15) is 9.18 Å². The zero-order valence-electron chi connectivity index (χ0n) is 14.3. The fraction of sp³-hybridized carbons (Fsp3) is 0.421. The van der Waals surface area contributed by atoms with Gasteiger partial charge in [0, 0.05) is 30.1 Å². The van der Waals surface area contributed by atoms with Crippen molar-refractivity contribution in [1.82, 2.24) is 15.3 Å². The van der Waals surface area contributed by atoms with Gasteiger partial charge in [-0.05, 0) is 44.0 Å². The van der Waals surface area contributed by atoms with E-state index < -0.39 is 0 Å². The summed E-state index contributed by atoms with van der Waals surface area (Å²) in [6.45, 7) is 4.16. The number of aryl methyl sites for hydroxylation is 1. The van der Waals surface area contributed by atoms with Gasteiger partial charge in [-0.3, -0.25) is 9.69 Å². The number of anilines is 1. The number of aromatic nitrogens is 2. The normalized spacial score (nSPS) is 20.0. The molecule has 1 aromatic carbocycles. The Morgan fingerprint density at radius 3 is 2.96 bits per heavy atom. The standard InChI is InChI=1S/C19H21FN4O/c1-12-16-5-6-17(25)24(11-13-3-2-4-15(20)9-13)19(16)23-18(22-12)14-7-8-21-10-14/h2-4,9,14,21H,5-8,10-11H2,1H3/t14-/m1/s1. The van der Waals surface area contributed by atoms with Gasteiger partial charge in [-0.15, -0.1) is 0 Å². The Morgan fingerprint density at radius 2 is 2.20 bits per heavy atom. The molecule has 0 bridgehead atoms. The molecule has 0 unspecified atom stereocenters. The molecule has 2 aromatic rings. The molecule has 1 aromatic heterocycles. The largest absolute Gasteiger partial charge is 0.316 e. The molecule has 130 valence electrons. The number of fused-ring (bicyclic) bond motifs is 1. The van der Waals surface area contributed by atoms with Crippen molar-refractivity contribution in [1.29, 1.82) is 0 Å². The lowest BCUT2D eigenvalue weighted by atomic mass is 10.0. The summed E-state index contributed by atoms with van der Waals surface area (Å²) in [7, 11) is 0. The molecule has 0 radical (unpaired) electrons. The first-order chi connectivity index (χ1) is 12.1. The number of benzene rings is 1. The van der Waals surface area contributed by atoms with Crippen LogP contribution in [0.2, 0.25) is 0 Å². The van der Waals surface area contributed by atoms with E-state index in [1.807, 2.05) is 13.0 Å². The average Bonchev–Trinajstić information content (AvgIpc) is 3.12. The summed E-state index contributed by atoms with van der Waals surface area (Å²) in [5, 5.41) is 3.33. The maximum atomic E-state index is 13.5. The topological polar surface area (TPSA) is 58.1 Å². The quantitative estimate of drug-likeness (QED) is 0.933. The summed E-state index contributed by atoms with van der Waals surface area (Å²) < 4.78 is 13.5. The summed E-state index contributed by atoms with van der Waals surface area (Å²) in [6, 6.07) is 6.38. The lowest BCUT2D eigenvalue weighted by molar-refractivity contribution is -0.119. The van der Waals surface area contributed by atoms with Crippen LogP contribution in [0.25, 0.3) is 0 Å². The third-order valence-corrected chi connectivity index (χ3v) is 5.01. The molecule has 6 heteroatoms. The zero-order valence-corrected chi connectivity index (χ0v) is 14.3. The highest BCUT2D eigenvalue weighted by molar-refractivity contribution is 5.95. The molecule has 0 spiro atoms. The van der Waals surface area contributed by atoms with E-state index >= 15 is 0 Å². The Hall–Kier alpha value is -2.34. The highest BCUT2D eigenvalue weighted by Crippen LogP contribution is 2.31. The van der Waals surface area contributed by atoms with Gasteiger partial charge in [-0.25, -0.2) is 14.4 Å². The molecule has 1 N–H and O–H groups in total. The first kappa shape index (κ1) is 16.1. The number of nitrogens with one attached hydrogen (secondary N) is 1. The van der Waals surface area contributed by atoms with Crippen molar-refractivity contribution in [3.05, 3.63) is 52.7 Å². The van der Waals surface area contributed by atoms with Crippen molar-refractivity contribution in [3.63, 3.8) is 0 Å². The van der Waals surface area contributed by atoms with Gasteiger partial charge in [0.2, 0.25) is 5.91 Å². The lowest BCUT2D eigenvalue weighted by Crippen LogP contribution is -2.36. The lowest BCUT2D eigenvalue weighted by Gasteiger charge is -2.30. The minimum atomic E-state index is -0.293. The third kappa shape index (κ3) is 3.14. The predicted molar refractivity (Wildman–Crippen MR) is 92.9 cm³/mol. The van der Waals surface area contributed by atoms with Crippen LogP contribution in [0, 0.1) is 12.7 Å². The Kier molecular flexibility index (Phi) is 4.21. The Balaban J connectivity index is 1.72. The second-order valence-corrected chi connectivity index (χ2v) is 6.77. The van der Waals surface area contributed by atoms with E-state index in [1.165, 1.54) is 12.1 Å². The van der Waals surface area contributed by atoms with Crippen LogP contribution in [0.3, 0.4) is 0 Å². The van der Waals surface area contributed by atoms with Gasteiger partial charge < -0.3 is 5.32 Å². The van der Waals surface area contributed by atoms with Gasteiger partial charge in [0.1, 0.15) is 17.5 Å². The molecule has 1 saturated heterocycles. The van der Waals surface area contributed by atoms with E-state index in [0.717, 1.165) is 42.2 Å². The fourth-order valence-corrected chi connectivity index (χ4v) is 3.64. The van der Waals surface area contributed by atoms with Crippen LogP contribution in [0.1, 0.15) is 41.4 Å². The number of halogens is 1. The average molecular weight is 340 g/mol. The summed E-state index contributed by atoms with van der Waals surface area (Å²) in [4.78, 5) is 23.7. The molecular weight excluding hydrogens is 319 g/mol. The Bertz CT molecular complexity index is 817. The Morgan fingerprint density at radius 1 is 1.32 bits per heavy atom. The number of rotatable bonds is 3. The summed E-state index contributed by atoms with van der Waals surface area (Å²) in [5.74, 6) is 1.54. The molecule has 1 fully saturated rings. The van der Waals surface area contributed by atoms with Crippen molar-refractivity contribution in [2.24, 2.45) is 0 Å². The van der Waals surface area contributed by atoms with Gasteiger partial charge in [0.25, 0.3) is 0 Å². The molecule has 5 nitrogen and oxygen atoms in total. The molecule has 25 heavy (non-hydrogen) atoms. The van der Waals surface area contributed by atoms with Crippen molar-refractivity contribution in [3.8, 4) is 0 Å². The molecular formula is C19H21FN4O. The molecule has 0 aliphatic carbocycles. The first-order valence-electron chi connectivity index (χ1n) is 8.75. The number of amides is 1. The van der Waals surface area contributed by atoms with Crippen LogP contribution in [0.4, 0.5) is 10.2 Å². The number of carbonyl (C=O) groups is 1. The van der Waals surface area contributed by atoms with Crippen molar-refractivity contribution < 1.29 is 9.18 Å². The molecule has 1 amide bonds. The van der Waals surface area contributed by atoms with Gasteiger partial charge >= 0.3 is 0 Å². The van der Waals surface area contributed by atoms with Crippen LogP contribution < -0.4 is 10.2 Å². The number of carbonyl (C=O) groups excluding carboxylic acids is 1. The second kappa shape index (κ2) is 6.52. The monoisotopic (exact) mass is 340 g/mol. The maximum absolute atomic E-state index is 13.5. The minimum Gasteiger partial charge on any atom is -0.316 e. The smallest absolute Gasteiger partial charge is 0.228 e. The van der Waals surface area contributed by atoms with Gasteiger partial charge in [-0.2, -0.15) is 0 Å². The number of nitrogens with zero attached hydrogens (tertiary/aromatic N) is 3. The highest BCUT2D eigenvalue weighted by atomic mass is 19.1. The van der Waals surface area contributed by atoms with Crippen LogP contribution in [0.15, 0.2) is 24.3 Å². The van der Waals surface area contributed by atoms with Gasteiger partial charge in [-0.1, -0.05) is 12.1 Å². The molecule has 0 saturated carbocycles. The van der Waals surface area contributed by atoms with Crippen LogP contribution in [-0.4, -0.2) is 29.0 Å². The fourth-order valence-electron chi connectivity index (χ4n) is 3.64. The Labute approximate surface area is 146 Å². The second-order valence-electron chi connectivity index (χ2n) is 6.77. The summed E-state index contributed by atoms with van der Waals surface area (Å²) in [6.07, 6.45) is 2.12. The highest BCUT2D eigenvalue weighted by Gasteiger charge is 2.30. The number of hydrogen-bond acceptors (Lipinski definition) is 4. The van der Waals surface area contributed by atoms with Crippen LogP contribution in [0.5, 0.6) is 0 Å². The molecule has 1 atom stereocenters. The first-order valence-corrected chi connectivity index (χ1v) is 8.75. The third-order valence-electron chi connectivity index (χ3n) is 5.01. The van der Waals surface area contributed by atoms with Crippen molar-refractivity contribution in [2.75, 3.05) is 18.0 Å². The van der Waals surface area contributed by atoms with E-state index in [-0.39, 0.29) is 17.6 Å². The van der Waals surface area contributed by atoms with Crippen LogP contribution >= 0.6 is 0 Å². The van der Waals surface area contributed by atoms with E-state index in [4.69, 9.17) is 9.97 Å². The van der Waals surface area contributed by atoms with Gasteiger partial charge in [0.05, 0.1) is 6.54 Å². The summed E-state index contributed by atoms with van der Waals surface area (Å²) in [5.41, 5.74) is 2.75.